The van der Waals surface area contributed by atoms with Crippen LogP contribution in [0.4, 0.5) is 0 Å². The van der Waals surface area contributed by atoms with E-state index in [9.17, 15) is 14.7 Å². The summed E-state index contributed by atoms with van der Waals surface area (Å²) in [5, 5.41) is 18.6. The van der Waals surface area contributed by atoms with Gasteiger partial charge in [-0.15, -0.1) is 0 Å². The Morgan fingerprint density at radius 3 is 2.70 bits per heavy atom. The molecule has 1 heterocycles. The molecule has 1 aromatic rings. The molecule has 0 bridgehead atoms. The van der Waals surface area contributed by atoms with E-state index < -0.39 is 17.9 Å². The second-order valence-electron chi connectivity index (χ2n) is 5.25. The zero-order valence-electron chi connectivity index (χ0n) is 11.4. The molecular formula is C13H18BrN3O3. The fourth-order valence-electron chi connectivity index (χ4n) is 2.03. The van der Waals surface area contributed by atoms with E-state index in [0.29, 0.717) is 16.8 Å². The highest BCUT2D eigenvalue weighted by molar-refractivity contribution is 9.10. The normalized spacial score (nSPS) is 17.6. The molecule has 0 aliphatic heterocycles. The molecule has 1 aliphatic rings. The van der Waals surface area contributed by atoms with Crippen LogP contribution >= 0.6 is 15.9 Å². The van der Waals surface area contributed by atoms with E-state index in [1.54, 1.807) is 6.92 Å². The van der Waals surface area contributed by atoms with Crippen LogP contribution < -0.4 is 5.32 Å². The van der Waals surface area contributed by atoms with Gasteiger partial charge in [0.05, 0.1) is 10.2 Å². The second kappa shape index (κ2) is 5.95. The molecule has 0 spiro atoms. The van der Waals surface area contributed by atoms with Crippen LogP contribution in [0.5, 0.6) is 0 Å². The number of aliphatic carboxylic acids is 1. The minimum Gasteiger partial charge on any atom is -0.480 e. The van der Waals surface area contributed by atoms with Crippen LogP contribution in [0, 0.1) is 5.92 Å². The van der Waals surface area contributed by atoms with Gasteiger partial charge in [-0.1, -0.05) is 20.3 Å². The Labute approximate surface area is 125 Å². The maximum atomic E-state index is 12.2. The average Bonchev–Trinajstić information content (AvgIpc) is 3.17. The summed E-state index contributed by atoms with van der Waals surface area (Å²) in [7, 11) is 0. The van der Waals surface area contributed by atoms with Crippen LogP contribution in [0.2, 0.25) is 0 Å². The van der Waals surface area contributed by atoms with Gasteiger partial charge in [0, 0.05) is 5.92 Å². The summed E-state index contributed by atoms with van der Waals surface area (Å²) in [6.07, 6.45) is 2.85. The first-order valence-corrected chi connectivity index (χ1v) is 7.52. The number of aromatic nitrogens is 2. The zero-order valence-corrected chi connectivity index (χ0v) is 13.0. The van der Waals surface area contributed by atoms with Gasteiger partial charge >= 0.3 is 5.97 Å². The van der Waals surface area contributed by atoms with Gasteiger partial charge in [0.1, 0.15) is 6.04 Å². The number of carbonyl (C=O) groups excluding carboxylic acids is 1. The van der Waals surface area contributed by atoms with E-state index in [4.69, 9.17) is 0 Å². The van der Waals surface area contributed by atoms with Crippen molar-refractivity contribution in [2.75, 3.05) is 0 Å². The van der Waals surface area contributed by atoms with Crippen molar-refractivity contribution < 1.29 is 14.7 Å². The van der Waals surface area contributed by atoms with E-state index in [1.165, 1.54) is 0 Å². The van der Waals surface area contributed by atoms with Gasteiger partial charge in [-0.3, -0.25) is 9.89 Å². The van der Waals surface area contributed by atoms with Crippen molar-refractivity contribution in [1.82, 2.24) is 15.5 Å². The van der Waals surface area contributed by atoms with Crippen LogP contribution in [-0.4, -0.2) is 33.2 Å². The maximum absolute atomic E-state index is 12.2. The molecule has 1 amide bonds. The van der Waals surface area contributed by atoms with Gasteiger partial charge in [0.25, 0.3) is 5.91 Å². The van der Waals surface area contributed by atoms with Gasteiger partial charge in [-0.05, 0) is 34.7 Å². The number of nitrogens with zero attached hydrogens (tertiary/aromatic N) is 1. The second-order valence-corrected chi connectivity index (χ2v) is 6.04. The summed E-state index contributed by atoms with van der Waals surface area (Å²) < 4.78 is 0.644. The van der Waals surface area contributed by atoms with Crippen molar-refractivity contribution in [3.05, 3.63) is 15.9 Å². The molecule has 0 radical (unpaired) electrons. The number of rotatable bonds is 6. The Balaban J connectivity index is 2.12. The molecule has 6 nitrogen and oxygen atoms in total. The SMILES string of the molecule is CCC(C)C(NC(=O)c1n[nH]c(C2CC2)c1Br)C(=O)O. The molecule has 2 unspecified atom stereocenters. The summed E-state index contributed by atoms with van der Waals surface area (Å²) in [5.41, 5.74) is 1.15. The number of carboxylic acids is 1. The third-order valence-corrected chi connectivity index (χ3v) is 4.50. The number of hydrogen-bond acceptors (Lipinski definition) is 3. The monoisotopic (exact) mass is 343 g/mol. The minimum atomic E-state index is -1.03. The maximum Gasteiger partial charge on any atom is 0.326 e. The first-order chi connectivity index (χ1) is 9.45. The minimum absolute atomic E-state index is 0.142. The van der Waals surface area contributed by atoms with Crippen molar-refractivity contribution in [1.29, 1.82) is 0 Å². The van der Waals surface area contributed by atoms with Crippen molar-refractivity contribution >= 4 is 27.8 Å². The van der Waals surface area contributed by atoms with Crippen LogP contribution in [0.1, 0.15) is 55.2 Å². The van der Waals surface area contributed by atoms with E-state index in [-0.39, 0.29) is 11.6 Å². The molecule has 110 valence electrons. The van der Waals surface area contributed by atoms with Crippen LogP contribution in [0.15, 0.2) is 4.47 Å². The molecule has 0 saturated heterocycles. The van der Waals surface area contributed by atoms with Gasteiger partial charge < -0.3 is 10.4 Å². The van der Waals surface area contributed by atoms with Crippen LogP contribution in [0.25, 0.3) is 0 Å². The number of carbonyl (C=O) groups is 2. The standard InChI is InChI=1S/C13H18BrN3O3/c1-3-6(2)9(13(19)20)15-12(18)11-8(14)10(16-17-11)7-4-5-7/h6-7,9H,3-5H2,1-2H3,(H,15,18)(H,16,17)(H,19,20). The van der Waals surface area contributed by atoms with Crippen molar-refractivity contribution in [2.24, 2.45) is 5.92 Å². The average molecular weight is 344 g/mol. The lowest BCUT2D eigenvalue weighted by atomic mass is 9.99. The summed E-state index contributed by atoms with van der Waals surface area (Å²) in [6.45, 7) is 3.69. The van der Waals surface area contributed by atoms with E-state index >= 15 is 0 Å². The third-order valence-electron chi connectivity index (χ3n) is 3.70. The molecule has 7 heteroatoms. The van der Waals surface area contributed by atoms with Crippen molar-refractivity contribution in [3.63, 3.8) is 0 Å². The van der Waals surface area contributed by atoms with Crippen LogP contribution in [0.3, 0.4) is 0 Å². The topological polar surface area (TPSA) is 95.1 Å². The van der Waals surface area contributed by atoms with Crippen molar-refractivity contribution in [2.45, 2.75) is 45.1 Å². The first kappa shape index (κ1) is 15.0. The number of H-pyrrole nitrogens is 1. The number of halogens is 1. The van der Waals surface area contributed by atoms with E-state index in [0.717, 1.165) is 18.5 Å². The summed E-state index contributed by atoms with van der Waals surface area (Å²) in [5.74, 6) is -1.20. The van der Waals surface area contributed by atoms with Gasteiger partial charge in [-0.25, -0.2) is 4.79 Å². The number of amides is 1. The molecule has 20 heavy (non-hydrogen) atoms. The van der Waals surface area contributed by atoms with Gasteiger partial charge in [0.2, 0.25) is 0 Å². The summed E-state index contributed by atoms with van der Waals surface area (Å²) in [6, 6.07) is -0.902. The molecule has 3 N–H and O–H groups in total. The zero-order chi connectivity index (χ0) is 14.9. The lowest BCUT2D eigenvalue weighted by molar-refractivity contribution is -0.140. The Morgan fingerprint density at radius 2 is 2.20 bits per heavy atom. The molecule has 0 aromatic carbocycles. The summed E-state index contributed by atoms with van der Waals surface area (Å²) in [4.78, 5) is 23.4. The summed E-state index contributed by atoms with van der Waals surface area (Å²) >= 11 is 3.37. The lowest BCUT2D eigenvalue weighted by Gasteiger charge is -2.19. The number of carboxylic acid groups (broad SMARTS) is 1. The largest absolute Gasteiger partial charge is 0.480 e. The Hall–Kier alpha value is -1.37. The van der Waals surface area contributed by atoms with Gasteiger partial charge in [-0.2, -0.15) is 5.10 Å². The smallest absolute Gasteiger partial charge is 0.326 e. The number of nitrogens with one attached hydrogen (secondary N) is 2. The lowest BCUT2D eigenvalue weighted by Crippen LogP contribution is -2.45. The Bertz CT molecular complexity index is 525. The van der Waals surface area contributed by atoms with Gasteiger partial charge in [0.15, 0.2) is 5.69 Å². The van der Waals surface area contributed by atoms with E-state index in [1.807, 2.05) is 6.92 Å². The highest BCUT2D eigenvalue weighted by atomic mass is 79.9. The first-order valence-electron chi connectivity index (χ1n) is 6.73. The molecule has 2 atom stereocenters. The van der Waals surface area contributed by atoms with E-state index in [2.05, 4.69) is 31.4 Å². The predicted octanol–water partition coefficient (Wildman–Crippen LogP) is 2.28. The molecular weight excluding hydrogens is 326 g/mol. The number of aromatic amines is 1. The molecule has 1 aromatic heterocycles. The molecule has 2 rings (SSSR count). The molecule has 1 aliphatic carbocycles. The Morgan fingerprint density at radius 1 is 1.55 bits per heavy atom. The fraction of sp³-hybridized carbons (Fsp3) is 0.615. The van der Waals surface area contributed by atoms with Crippen LogP contribution in [-0.2, 0) is 4.79 Å². The molecule has 1 fully saturated rings. The highest BCUT2D eigenvalue weighted by Gasteiger charge is 2.32. The predicted molar refractivity (Wildman–Crippen MR) is 76.6 cm³/mol. The third kappa shape index (κ3) is 3.03. The quantitative estimate of drug-likeness (QED) is 0.738. The van der Waals surface area contributed by atoms with Crippen molar-refractivity contribution in [3.8, 4) is 0 Å². The molecule has 1 saturated carbocycles. The fourth-order valence-corrected chi connectivity index (χ4v) is 2.71. The Kier molecular flexibility index (Phi) is 4.47. The number of hydrogen-bond donors (Lipinski definition) is 3. The highest BCUT2D eigenvalue weighted by Crippen LogP contribution is 2.42.